The Morgan fingerprint density at radius 1 is 1.08 bits per heavy atom. The summed E-state index contributed by atoms with van der Waals surface area (Å²) in [5.74, 6) is 0.938. The average molecular weight is 339 g/mol. The lowest BCUT2D eigenvalue weighted by Gasteiger charge is -2.09. The van der Waals surface area contributed by atoms with Gasteiger partial charge in [-0.3, -0.25) is 15.4 Å². The molecule has 3 aromatic rings. The van der Waals surface area contributed by atoms with E-state index in [1.807, 2.05) is 42.5 Å². The van der Waals surface area contributed by atoms with Gasteiger partial charge in [-0.15, -0.1) is 0 Å². The van der Waals surface area contributed by atoms with E-state index in [0.29, 0.717) is 24.3 Å². The van der Waals surface area contributed by atoms with Crippen LogP contribution in [0.1, 0.15) is 6.42 Å². The van der Waals surface area contributed by atoms with E-state index in [2.05, 4.69) is 5.32 Å². The molecule has 7 nitrogen and oxygen atoms in total. The van der Waals surface area contributed by atoms with Crippen LogP contribution in [0.25, 0.3) is 10.8 Å². The molecule has 1 N–H and O–H groups in total. The second-order valence-corrected chi connectivity index (χ2v) is 5.49. The van der Waals surface area contributed by atoms with Crippen LogP contribution in [0.3, 0.4) is 0 Å². The van der Waals surface area contributed by atoms with Crippen LogP contribution < -0.4 is 14.8 Å². The van der Waals surface area contributed by atoms with Crippen molar-refractivity contribution in [3.05, 3.63) is 76.1 Å². The maximum absolute atomic E-state index is 11.6. The monoisotopic (exact) mass is 339 g/mol. The summed E-state index contributed by atoms with van der Waals surface area (Å²) in [6.07, 6.45) is 1.77. The molecular formula is C18H17N3O4. The van der Waals surface area contributed by atoms with Crippen LogP contribution in [-0.4, -0.2) is 18.1 Å². The highest BCUT2D eigenvalue weighted by Gasteiger charge is 2.12. The summed E-state index contributed by atoms with van der Waals surface area (Å²) in [5, 5.41) is 27.5. The summed E-state index contributed by atoms with van der Waals surface area (Å²) in [6.45, 7) is 0.941. The largest absolute Gasteiger partial charge is 0.711 e. The summed E-state index contributed by atoms with van der Waals surface area (Å²) in [4.78, 5) is 10.2. The molecule has 2 aromatic carbocycles. The Balaban J connectivity index is 1.50. The molecule has 1 heterocycles. The zero-order chi connectivity index (χ0) is 17.6. The minimum absolute atomic E-state index is 0.123. The predicted molar refractivity (Wildman–Crippen MR) is 94.6 cm³/mol. The normalized spacial score (nSPS) is 10.6. The SMILES string of the molecule is O=[N+]([O-])c1cc[n+]([O-])c(NCCCOc2ccc3ccccc3c2)c1. The minimum atomic E-state index is -0.534. The Labute approximate surface area is 144 Å². The number of anilines is 1. The van der Waals surface area contributed by atoms with Crippen LogP contribution in [0.5, 0.6) is 5.75 Å². The van der Waals surface area contributed by atoms with Crippen molar-refractivity contribution >= 4 is 22.3 Å². The molecule has 0 saturated heterocycles. The molecule has 0 aliphatic carbocycles. The number of nitrogens with one attached hydrogen (secondary N) is 1. The molecule has 25 heavy (non-hydrogen) atoms. The number of fused-ring (bicyclic) bond motifs is 1. The number of pyridine rings is 1. The maximum atomic E-state index is 11.6. The van der Waals surface area contributed by atoms with Crippen molar-refractivity contribution < 1.29 is 14.4 Å². The van der Waals surface area contributed by atoms with Crippen LogP contribution in [-0.2, 0) is 0 Å². The van der Waals surface area contributed by atoms with Gasteiger partial charge in [0.05, 0.1) is 24.1 Å². The molecule has 0 bridgehead atoms. The van der Waals surface area contributed by atoms with Gasteiger partial charge in [0.2, 0.25) is 0 Å². The van der Waals surface area contributed by atoms with Crippen LogP contribution in [0.15, 0.2) is 60.8 Å². The molecule has 0 aliphatic rings. The number of nitrogens with zero attached hydrogens (tertiary/aromatic N) is 2. The van der Waals surface area contributed by atoms with E-state index in [-0.39, 0.29) is 11.5 Å². The van der Waals surface area contributed by atoms with Crippen molar-refractivity contribution in [2.45, 2.75) is 6.42 Å². The fraction of sp³-hybridized carbons (Fsp3) is 0.167. The van der Waals surface area contributed by atoms with Gasteiger partial charge in [-0.05, 0) is 22.9 Å². The van der Waals surface area contributed by atoms with E-state index in [0.717, 1.165) is 22.7 Å². The van der Waals surface area contributed by atoms with Crippen molar-refractivity contribution in [1.82, 2.24) is 0 Å². The van der Waals surface area contributed by atoms with E-state index in [1.54, 1.807) is 0 Å². The molecule has 0 unspecified atom stereocenters. The molecule has 0 aliphatic heterocycles. The zero-order valence-electron chi connectivity index (χ0n) is 13.4. The Kier molecular flexibility index (Phi) is 4.94. The first-order valence-corrected chi connectivity index (χ1v) is 7.86. The van der Waals surface area contributed by atoms with E-state index in [9.17, 15) is 15.3 Å². The maximum Gasteiger partial charge on any atom is 0.284 e. The van der Waals surface area contributed by atoms with Gasteiger partial charge in [-0.2, -0.15) is 0 Å². The van der Waals surface area contributed by atoms with Gasteiger partial charge in [0.15, 0.2) is 0 Å². The van der Waals surface area contributed by atoms with Gasteiger partial charge in [0, 0.05) is 6.42 Å². The third kappa shape index (κ3) is 4.14. The lowest BCUT2D eigenvalue weighted by molar-refractivity contribution is -0.591. The number of hydrogen-bond donors (Lipinski definition) is 1. The topological polar surface area (TPSA) is 91.3 Å². The number of nitro groups is 1. The van der Waals surface area contributed by atoms with E-state index in [1.165, 1.54) is 12.1 Å². The fourth-order valence-corrected chi connectivity index (χ4v) is 2.45. The van der Waals surface area contributed by atoms with Crippen molar-refractivity contribution in [1.29, 1.82) is 0 Å². The number of rotatable bonds is 7. The molecule has 0 amide bonds. The van der Waals surface area contributed by atoms with Crippen LogP contribution in [0.2, 0.25) is 0 Å². The van der Waals surface area contributed by atoms with E-state index < -0.39 is 4.92 Å². The van der Waals surface area contributed by atoms with Gasteiger partial charge in [0.25, 0.3) is 11.5 Å². The zero-order valence-corrected chi connectivity index (χ0v) is 13.4. The van der Waals surface area contributed by atoms with Crippen LogP contribution >= 0.6 is 0 Å². The molecule has 0 atom stereocenters. The predicted octanol–water partition coefficient (Wildman–Crippen LogP) is 3.26. The molecule has 0 fully saturated rings. The number of aromatic nitrogens is 1. The van der Waals surface area contributed by atoms with Gasteiger partial charge < -0.3 is 9.94 Å². The summed E-state index contributed by atoms with van der Waals surface area (Å²) in [6, 6.07) is 16.3. The number of ether oxygens (including phenoxy) is 1. The molecule has 3 rings (SSSR count). The molecule has 128 valence electrons. The smallest absolute Gasteiger partial charge is 0.284 e. The minimum Gasteiger partial charge on any atom is -0.711 e. The van der Waals surface area contributed by atoms with Crippen LogP contribution in [0.4, 0.5) is 11.5 Å². The second-order valence-electron chi connectivity index (χ2n) is 5.49. The lowest BCUT2D eigenvalue weighted by Crippen LogP contribution is -2.30. The highest BCUT2D eigenvalue weighted by molar-refractivity contribution is 5.83. The highest BCUT2D eigenvalue weighted by atomic mass is 16.6. The first-order valence-electron chi connectivity index (χ1n) is 7.86. The second kappa shape index (κ2) is 7.48. The van der Waals surface area contributed by atoms with E-state index in [4.69, 9.17) is 4.74 Å². The van der Waals surface area contributed by atoms with Gasteiger partial charge >= 0.3 is 0 Å². The molecule has 0 saturated carbocycles. The molecule has 0 radical (unpaired) electrons. The molecule has 1 aromatic heterocycles. The standard InChI is InChI=1S/C18H17N3O4/c22-20-10-8-16(21(23)24)13-18(20)19-9-3-11-25-17-7-6-14-4-1-2-5-15(14)12-17/h1-2,4-8,10,12-13,19H,3,9,11H2. The Morgan fingerprint density at radius 2 is 1.88 bits per heavy atom. The lowest BCUT2D eigenvalue weighted by atomic mass is 10.1. The van der Waals surface area contributed by atoms with Gasteiger partial charge in [-0.1, -0.05) is 30.3 Å². The first-order chi connectivity index (χ1) is 12.1. The van der Waals surface area contributed by atoms with Gasteiger partial charge in [0.1, 0.15) is 18.0 Å². The molecular weight excluding hydrogens is 322 g/mol. The van der Waals surface area contributed by atoms with Crippen molar-refractivity contribution in [3.8, 4) is 5.75 Å². The summed E-state index contributed by atoms with van der Waals surface area (Å²) < 4.78 is 6.28. The Bertz CT molecular complexity index is 898. The third-order valence-corrected chi connectivity index (χ3v) is 3.73. The quantitative estimate of drug-likeness (QED) is 0.234. The average Bonchev–Trinajstić information content (AvgIpc) is 2.62. The van der Waals surface area contributed by atoms with Gasteiger partial charge in [-0.25, -0.2) is 4.73 Å². The van der Waals surface area contributed by atoms with Crippen LogP contribution in [0, 0.1) is 15.3 Å². The van der Waals surface area contributed by atoms with Crippen molar-refractivity contribution in [2.24, 2.45) is 0 Å². The number of benzene rings is 2. The Morgan fingerprint density at radius 3 is 2.68 bits per heavy atom. The highest BCUT2D eigenvalue weighted by Crippen LogP contribution is 2.20. The number of hydrogen-bond acceptors (Lipinski definition) is 5. The molecule has 0 spiro atoms. The summed E-state index contributed by atoms with van der Waals surface area (Å²) in [5.41, 5.74) is -0.123. The fourth-order valence-electron chi connectivity index (χ4n) is 2.45. The van der Waals surface area contributed by atoms with Crippen molar-refractivity contribution in [3.63, 3.8) is 0 Å². The third-order valence-electron chi connectivity index (χ3n) is 3.73. The van der Waals surface area contributed by atoms with Crippen molar-refractivity contribution in [2.75, 3.05) is 18.5 Å². The first kappa shape index (κ1) is 16.5. The Hall–Kier alpha value is -3.35. The van der Waals surface area contributed by atoms with E-state index >= 15 is 0 Å². The molecule has 7 heteroatoms. The summed E-state index contributed by atoms with van der Waals surface area (Å²) >= 11 is 0. The summed E-state index contributed by atoms with van der Waals surface area (Å²) in [7, 11) is 0.